The fourth-order valence-corrected chi connectivity index (χ4v) is 3.96. The Morgan fingerprint density at radius 2 is 2.38 bits per heavy atom. The molecule has 1 saturated heterocycles. The average Bonchev–Trinajstić information content (AvgIpc) is 3.31. The SMILES string of the molecule is Cn1ccnc1C[C@@H]1CCCN(Cc2noc(-c3ccsc3)n2)C1. The van der Waals surface area contributed by atoms with Crippen molar-refractivity contribution in [2.75, 3.05) is 13.1 Å². The van der Waals surface area contributed by atoms with E-state index >= 15 is 0 Å². The molecule has 1 atom stereocenters. The Bertz CT molecular complexity index is 779. The van der Waals surface area contributed by atoms with E-state index < -0.39 is 0 Å². The molecule has 0 saturated carbocycles. The standard InChI is InChI=1S/C17H21N5OS/c1-21-7-5-18-16(21)9-13-3-2-6-22(10-13)11-15-19-17(23-20-15)14-4-8-24-12-14/h4-5,7-8,12-13H,2-3,6,9-11H2,1H3/t13-/m0/s1. The molecule has 3 aromatic heterocycles. The van der Waals surface area contributed by atoms with Gasteiger partial charge in [0, 0.05) is 37.8 Å². The molecule has 1 aliphatic rings. The minimum Gasteiger partial charge on any atom is -0.338 e. The maximum atomic E-state index is 5.38. The summed E-state index contributed by atoms with van der Waals surface area (Å²) in [6.45, 7) is 2.92. The fraction of sp³-hybridized carbons (Fsp3) is 0.471. The molecule has 0 amide bonds. The van der Waals surface area contributed by atoms with Gasteiger partial charge in [-0.3, -0.25) is 4.90 Å². The zero-order valence-corrected chi connectivity index (χ0v) is 14.6. The number of imidazole rings is 1. The highest BCUT2D eigenvalue weighted by Crippen LogP contribution is 2.23. The lowest BCUT2D eigenvalue weighted by Crippen LogP contribution is -2.36. The first-order valence-corrected chi connectivity index (χ1v) is 9.26. The topological polar surface area (TPSA) is 60.0 Å². The van der Waals surface area contributed by atoms with Crippen LogP contribution in [0, 0.1) is 5.92 Å². The highest BCUT2D eigenvalue weighted by atomic mass is 32.1. The van der Waals surface area contributed by atoms with Crippen LogP contribution in [-0.2, 0) is 20.0 Å². The summed E-state index contributed by atoms with van der Waals surface area (Å²) in [5, 5.41) is 8.19. The van der Waals surface area contributed by atoms with Crippen LogP contribution in [0.15, 0.2) is 33.7 Å². The molecule has 24 heavy (non-hydrogen) atoms. The normalized spacial score (nSPS) is 19.0. The molecule has 7 heteroatoms. The smallest absolute Gasteiger partial charge is 0.258 e. The van der Waals surface area contributed by atoms with Gasteiger partial charge in [0.05, 0.1) is 12.1 Å². The fourth-order valence-electron chi connectivity index (χ4n) is 3.33. The molecule has 0 aromatic carbocycles. The van der Waals surface area contributed by atoms with Crippen molar-refractivity contribution in [2.24, 2.45) is 13.0 Å². The van der Waals surface area contributed by atoms with Crippen molar-refractivity contribution in [3.05, 3.63) is 40.9 Å². The van der Waals surface area contributed by atoms with Gasteiger partial charge in [-0.25, -0.2) is 4.98 Å². The summed E-state index contributed by atoms with van der Waals surface area (Å²) in [5.41, 5.74) is 1.00. The Kier molecular flexibility index (Phi) is 4.44. The van der Waals surface area contributed by atoms with Crippen molar-refractivity contribution in [1.82, 2.24) is 24.6 Å². The molecular formula is C17H21N5OS. The quantitative estimate of drug-likeness (QED) is 0.713. The van der Waals surface area contributed by atoms with Crippen molar-refractivity contribution < 1.29 is 4.52 Å². The first-order chi connectivity index (χ1) is 11.8. The van der Waals surface area contributed by atoms with Crippen LogP contribution in [0.4, 0.5) is 0 Å². The lowest BCUT2D eigenvalue weighted by Gasteiger charge is -2.31. The van der Waals surface area contributed by atoms with Crippen molar-refractivity contribution in [3.8, 4) is 11.5 Å². The molecule has 126 valence electrons. The van der Waals surface area contributed by atoms with E-state index in [0.29, 0.717) is 11.8 Å². The van der Waals surface area contributed by atoms with Gasteiger partial charge >= 0.3 is 0 Å². The van der Waals surface area contributed by atoms with E-state index in [0.717, 1.165) is 37.4 Å². The number of aryl methyl sites for hydroxylation is 1. The zero-order chi connectivity index (χ0) is 16.4. The highest BCUT2D eigenvalue weighted by Gasteiger charge is 2.23. The third-order valence-electron chi connectivity index (χ3n) is 4.60. The van der Waals surface area contributed by atoms with Gasteiger partial charge in [-0.15, -0.1) is 0 Å². The van der Waals surface area contributed by atoms with Gasteiger partial charge in [0.1, 0.15) is 5.82 Å². The van der Waals surface area contributed by atoms with Gasteiger partial charge in [-0.1, -0.05) is 5.16 Å². The number of rotatable bonds is 5. The van der Waals surface area contributed by atoms with Crippen molar-refractivity contribution in [2.45, 2.75) is 25.8 Å². The minimum absolute atomic E-state index is 0.618. The van der Waals surface area contributed by atoms with E-state index in [1.165, 1.54) is 18.7 Å². The van der Waals surface area contributed by atoms with Gasteiger partial charge in [0.15, 0.2) is 5.82 Å². The van der Waals surface area contributed by atoms with Gasteiger partial charge in [0.25, 0.3) is 5.89 Å². The number of thiophene rings is 1. The van der Waals surface area contributed by atoms with Crippen molar-refractivity contribution >= 4 is 11.3 Å². The second-order valence-electron chi connectivity index (χ2n) is 6.43. The van der Waals surface area contributed by atoms with E-state index in [9.17, 15) is 0 Å². The van der Waals surface area contributed by atoms with Gasteiger partial charge in [-0.2, -0.15) is 16.3 Å². The number of hydrogen-bond acceptors (Lipinski definition) is 6. The second-order valence-corrected chi connectivity index (χ2v) is 7.21. The molecule has 1 aliphatic heterocycles. The molecular weight excluding hydrogens is 322 g/mol. The third kappa shape index (κ3) is 3.42. The van der Waals surface area contributed by atoms with E-state index in [1.54, 1.807) is 11.3 Å². The Hall–Kier alpha value is -1.99. The summed E-state index contributed by atoms with van der Waals surface area (Å²) in [6.07, 6.45) is 7.40. The zero-order valence-electron chi connectivity index (χ0n) is 13.8. The summed E-state index contributed by atoms with van der Waals surface area (Å²) in [6, 6.07) is 2.01. The molecule has 4 heterocycles. The molecule has 0 aliphatic carbocycles. The number of likely N-dealkylation sites (tertiary alicyclic amines) is 1. The molecule has 0 N–H and O–H groups in total. The van der Waals surface area contributed by atoms with Crippen LogP contribution in [-0.4, -0.2) is 37.7 Å². The van der Waals surface area contributed by atoms with Gasteiger partial charge in [0.2, 0.25) is 0 Å². The molecule has 0 spiro atoms. The predicted octanol–water partition coefficient (Wildman–Crippen LogP) is 2.99. The number of aromatic nitrogens is 4. The highest BCUT2D eigenvalue weighted by molar-refractivity contribution is 7.08. The summed E-state index contributed by atoms with van der Waals surface area (Å²) in [5.74, 6) is 3.20. The largest absolute Gasteiger partial charge is 0.338 e. The van der Waals surface area contributed by atoms with Crippen LogP contribution in [0.2, 0.25) is 0 Å². The number of hydrogen-bond donors (Lipinski definition) is 0. The maximum Gasteiger partial charge on any atom is 0.258 e. The van der Waals surface area contributed by atoms with Gasteiger partial charge in [-0.05, 0) is 36.8 Å². The van der Waals surface area contributed by atoms with E-state index in [-0.39, 0.29) is 0 Å². The average molecular weight is 343 g/mol. The number of piperidine rings is 1. The van der Waals surface area contributed by atoms with E-state index in [2.05, 4.69) is 31.6 Å². The van der Waals surface area contributed by atoms with Crippen LogP contribution in [0.5, 0.6) is 0 Å². The van der Waals surface area contributed by atoms with Crippen LogP contribution in [0.25, 0.3) is 11.5 Å². The van der Waals surface area contributed by atoms with E-state index in [1.807, 2.05) is 29.2 Å². The van der Waals surface area contributed by atoms with Crippen LogP contribution in [0.3, 0.4) is 0 Å². The van der Waals surface area contributed by atoms with E-state index in [4.69, 9.17) is 4.52 Å². The number of nitrogens with zero attached hydrogens (tertiary/aromatic N) is 5. The second kappa shape index (κ2) is 6.86. The molecule has 0 radical (unpaired) electrons. The first kappa shape index (κ1) is 15.5. The molecule has 6 nitrogen and oxygen atoms in total. The molecule has 4 rings (SSSR count). The Morgan fingerprint density at radius 1 is 1.42 bits per heavy atom. The summed E-state index contributed by atoms with van der Waals surface area (Å²) >= 11 is 1.64. The van der Waals surface area contributed by atoms with Gasteiger partial charge < -0.3 is 9.09 Å². The Labute approximate surface area is 145 Å². The van der Waals surface area contributed by atoms with Crippen molar-refractivity contribution in [3.63, 3.8) is 0 Å². The maximum absolute atomic E-state index is 5.38. The minimum atomic E-state index is 0.618. The molecule has 3 aromatic rings. The van der Waals surface area contributed by atoms with Crippen molar-refractivity contribution in [1.29, 1.82) is 0 Å². The first-order valence-electron chi connectivity index (χ1n) is 8.31. The Balaban J connectivity index is 1.37. The molecule has 0 unspecified atom stereocenters. The lowest BCUT2D eigenvalue weighted by atomic mass is 9.94. The summed E-state index contributed by atoms with van der Waals surface area (Å²) in [7, 11) is 2.06. The summed E-state index contributed by atoms with van der Waals surface area (Å²) < 4.78 is 7.50. The van der Waals surface area contributed by atoms with Crippen LogP contribution >= 0.6 is 11.3 Å². The van der Waals surface area contributed by atoms with Crippen LogP contribution in [0.1, 0.15) is 24.5 Å². The Morgan fingerprint density at radius 3 is 3.17 bits per heavy atom. The monoisotopic (exact) mass is 343 g/mol. The molecule has 1 fully saturated rings. The predicted molar refractivity (Wildman–Crippen MR) is 92.5 cm³/mol. The molecule has 0 bridgehead atoms. The van der Waals surface area contributed by atoms with Crippen LogP contribution < -0.4 is 0 Å². The lowest BCUT2D eigenvalue weighted by molar-refractivity contribution is 0.160. The summed E-state index contributed by atoms with van der Waals surface area (Å²) in [4.78, 5) is 11.4. The third-order valence-corrected chi connectivity index (χ3v) is 5.28.